The van der Waals surface area contributed by atoms with Crippen LogP contribution in [0.15, 0.2) is 54.1 Å². The molecule has 168 valence electrons. The lowest BCUT2D eigenvalue weighted by atomic mass is 9.94. The van der Waals surface area contributed by atoms with Crippen molar-refractivity contribution in [3.8, 4) is 0 Å². The molecule has 2 aliphatic heterocycles. The Kier molecular flexibility index (Phi) is 6.72. The highest BCUT2D eigenvalue weighted by Gasteiger charge is 2.45. The Morgan fingerprint density at radius 1 is 0.938 bits per heavy atom. The van der Waals surface area contributed by atoms with E-state index in [0.29, 0.717) is 12.1 Å². The molecule has 2 aromatic carbocycles. The molecule has 6 heteroatoms. The van der Waals surface area contributed by atoms with Gasteiger partial charge in [-0.1, -0.05) is 59.7 Å². The third kappa shape index (κ3) is 4.61. The molecule has 0 bridgehead atoms. The third-order valence-corrected chi connectivity index (χ3v) is 6.24. The molecular weight excluding hydrogens is 404 g/mol. The maximum atomic E-state index is 13.1. The minimum Gasteiger partial charge on any atom is -0.507 e. The highest BCUT2D eigenvalue weighted by molar-refractivity contribution is 6.46. The molecule has 1 atom stereocenters. The van der Waals surface area contributed by atoms with Gasteiger partial charge in [0.05, 0.1) is 24.8 Å². The van der Waals surface area contributed by atoms with Gasteiger partial charge in [0.15, 0.2) is 0 Å². The van der Waals surface area contributed by atoms with E-state index in [1.807, 2.05) is 50.2 Å². The van der Waals surface area contributed by atoms with Crippen LogP contribution in [0.4, 0.5) is 0 Å². The van der Waals surface area contributed by atoms with Crippen LogP contribution in [0.3, 0.4) is 0 Å². The average Bonchev–Trinajstić information content (AvgIpc) is 3.05. The fourth-order valence-electron chi connectivity index (χ4n) is 4.36. The molecule has 2 fully saturated rings. The van der Waals surface area contributed by atoms with Gasteiger partial charge in [0.2, 0.25) is 0 Å². The second-order valence-electron chi connectivity index (χ2n) is 8.58. The summed E-state index contributed by atoms with van der Waals surface area (Å²) in [5, 5.41) is 11.1. The Labute approximate surface area is 189 Å². The van der Waals surface area contributed by atoms with Crippen molar-refractivity contribution < 1.29 is 19.4 Å². The van der Waals surface area contributed by atoms with Crippen LogP contribution in [0.25, 0.3) is 5.76 Å². The third-order valence-electron chi connectivity index (χ3n) is 6.24. The van der Waals surface area contributed by atoms with E-state index in [9.17, 15) is 14.7 Å². The van der Waals surface area contributed by atoms with E-state index in [1.54, 1.807) is 17.0 Å². The molecule has 0 spiro atoms. The lowest BCUT2D eigenvalue weighted by Crippen LogP contribution is -2.38. The van der Waals surface area contributed by atoms with Crippen LogP contribution >= 0.6 is 0 Å². The van der Waals surface area contributed by atoms with Crippen molar-refractivity contribution in [3.63, 3.8) is 0 Å². The molecule has 1 N–H and O–H groups in total. The Balaban J connectivity index is 1.66. The van der Waals surface area contributed by atoms with Crippen molar-refractivity contribution in [1.82, 2.24) is 9.80 Å². The molecule has 0 saturated carbocycles. The summed E-state index contributed by atoms with van der Waals surface area (Å²) in [7, 11) is 0. The number of carbonyl (C=O) groups is 2. The van der Waals surface area contributed by atoms with E-state index in [4.69, 9.17) is 4.74 Å². The summed E-state index contributed by atoms with van der Waals surface area (Å²) >= 11 is 0. The lowest BCUT2D eigenvalue weighted by molar-refractivity contribution is -0.140. The number of aliphatic hydroxyl groups excluding tert-OH is 1. The molecule has 32 heavy (non-hydrogen) atoms. The van der Waals surface area contributed by atoms with Gasteiger partial charge in [-0.15, -0.1) is 0 Å². The van der Waals surface area contributed by atoms with Gasteiger partial charge >= 0.3 is 0 Å². The molecule has 4 rings (SSSR count). The number of carbonyl (C=O) groups excluding carboxylic acids is 2. The van der Waals surface area contributed by atoms with Gasteiger partial charge in [-0.25, -0.2) is 0 Å². The predicted octanol–water partition coefficient (Wildman–Crippen LogP) is 3.45. The summed E-state index contributed by atoms with van der Waals surface area (Å²) in [6.45, 7) is 8.46. The number of hydrogen-bond donors (Lipinski definition) is 1. The standard InChI is InChI=1S/C26H30N2O4/c1-18-4-8-20(9-5-18)23-22(24(29)21-10-6-19(2)7-11-21)25(30)26(31)28(23)13-3-12-27-14-16-32-17-15-27/h4-11,23,29H,3,12-17H2,1-2H3/b24-22+. The zero-order valence-electron chi connectivity index (χ0n) is 18.7. The normalized spacial score (nSPS) is 21.3. The van der Waals surface area contributed by atoms with E-state index in [0.717, 1.165) is 56.0 Å². The molecule has 2 aromatic rings. The number of rotatable bonds is 6. The van der Waals surface area contributed by atoms with Crippen molar-refractivity contribution >= 4 is 17.4 Å². The predicted molar refractivity (Wildman–Crippen MR) is 123 cm³/mol. The van der Waals surface area contributed by atoms with Gasteiger partial charge in [-0.2, -0.15) is 0 Å². The van der Waals surface area contributed by atoms with Crippen LogP contribution in [0.5, 0.6) is 0 Å². The lowest BCUT2D eigenvalue weighted by Gasteiger charge is -2.29. The number of nitrogens with zero attached hydrogens (tertiary/aromatic N) is 2. The number of amides is 1. The van der Waals surface area contributed by atoms with E-state index in [-0.39, 0.29) is 11.3 Å². The number of likely N-dealkylation sites (tertiary alicyclic amines) is 1. The minimum absolute atomic E-state index is 0.121. The van der Waals surface area contributed by atoms with Crippen molar-refractivity contribution in [2.24, 2.45) is 0 Å². The first-order valence-electron chi connectivity index (χ1n) is 11.2. The molecule has 6 nitrogen and oxygen atoms in total. The van der Waals surface area contributed by atoms with E-state index >= 15 is 0 Å². The number of benzene rings is 2. The number of morpholine rings is 1. The SMILES string of the molecule is Cc1ccc(/C(O)=C2\C(=O)C(=O)N(CCCN3CCOCC3)C2c2ccc(C)cc2)cc1. The Hall–Kier alpha value is -2.96. The molecule has 1 amide bonds. The minimum atomic E-state index is -0.625. The summed E-state index contributed by atoms with van der Waals surface area (Å²) in [6, 6.07) is 14.5. The molecule has 2 heterocycles. The number of ketones is 1. The van der Waals surface area contributed by atoms with Crippen LogP contribution < -0.4 is 0 Å². The van der Waals surface area contributed by atoms with Gasteiger partial charge in [0.25, 0.3) is 11.7 Å². The van der Waals surface area contributed by atoms with Crippen LogP contribution in [0, 0.1) is 13.8 Å². The quantitative estimate of drug-likeness (QED) is 0.428. The summed E-state index contributed by atoms with van der Waals surface area (Å²) < 4.78 is 5.40. The summed E-state index contributed by atoms with van der Waals surface area (Å²) in [5.41, 5.74) is 3.68. The monoisotopic (exact) mass is 434 g/mol. The Morgan fingerprint density at radius 3 is 2.16 bits per heavy atom. The number of aliphatic hydroxyl groups is 1. The molecular formula is C26H30N2O4. The molecule has 2 saturated heterocycles. The van der Waals surface area contributed by atoms with Crippen LogP contribution in [0.2, 0.25) is 0 Å². The summed E-state index contributed by atoms with van der Waals surface area (Å²) in [6.07, 6.45) is 0.750. The molecule has 2 aliphatic rings. The van der Waals surface area contributed by atoms with E-state index < -0.39 is 17.7 Å². The average molecular weight is 435 g/mol. The highest BCUT2D eigenvalue weighted by atomic mass is 16.5. The van der Waals surface area contributed by atoms with Crippen molar-refractivity contribution in [3.05, 3.63) is 76.4 Å². The zero-order valence-corrected chi connectivity index (χ0v) is 18.7. The van der Waals surface area contributed by atoms with Gasteiger partial charge in [-0.3, -0.25) is 14.5 Å². The Morgan fingerprint density at radius 2 is 1.53 bits per heavy atom. The second-order valence-corrected chi connectivity index (χ2v) is 8.58. The van der Waals surface area contributed by atoms with Crippen LogP contribution in [-0.4, -0.2) is 66.0 Å². The first-order chi connectivity index (χ1) is 15.5. The number of ether oxygens (including phenoxy) is 1. The maximum Gasteiger partial charge on any atom is 0.295 e. The van der Waals surface area contributed by atoms with E-state index in [2.05, 4.69) is 4.90 Å². The van der Waals surface area contributed by atoms with Gasteiger partial charge in [0, 0.05) is 31.7 Å². The molecule has 1 unspecified atom stereocenters. The van der Waals surface area contributed by atoms with Gasteiger partial charge in [-0.05, 0) is 25.8 Å². The Bertz CT molecular complexity index is 1010. The first-order valence-corrected chi connectivity index (χ1v) is 11.2. The zero-order chi connectivity index (χ0) is 22.7. The van der Waals surface area contributed by atoms with Crippen LogP contribution in [0.1, 0.15) is 34.7 Å². The highest BCUT2D eigenvalue weighted by Crippen LogP contribution is 2.39. The summed E-state index contributed by atoms with van der Waals surface area (Å²) in [5.74, 6) is -1.30. The van der Waals surface area contributed by atoms with Crippen molar-refractivity contribution in [2.75, 3.05) is 39.4 Å². The fraction of sp³-hybridized carbons (Fsp3) is 0.385. The van der Waals surface area contributed by atoms with Crippen LogP contribution in [-0.2, 0) is 14.3 Å². The van der Waals surface area contributed by atoms with Gasteiger partial charge < -0.3 is 14.7 Å². The largest absolute Gasteiger partial charge is 0.507 e. The fourth-order valence-corrected chi connectivity index (χ4v) is 4.36. The topological polar surface area (TPSA) is 70.1 Å². The van der Waals surface area contributed by atoms with Gasteiger partial charge in [0.1, 0.15) is 5.76 Å². The maximum absolute atomic E-state index is 13.1. The number of aryl methyl sites for hydroxylation is 2. The molecule has 0 radical (unpaired) electrons. The van der Waals surface area contributed by atoms with Crippen molar-refractivity contribution in [2.45, 2.75) is 26.3 Å². The number of hydrogen-bond acceptors (Lipinski definition) is 5. The summed E-state index contributed by atoms with van der Waals surface area (Å²) in [4.78, 5) is 30.0. The van der Waals surface area contributed by atoms with E-state index in [1.165, 1.54) is 0 Å². The first kappa shape index (κ1) is 22.2. The smallest absolute Gasteiger partial charge is 0.295 e. The van der Waals surface area contributed by atoms with Crippen molar-refractivity contribution in [1.29, 1.82) is 0 Å². The molecule has 0 aromatic heterocycles. The number of Topliss-reactive ketones (excluding diaryl/α,β-unsaturated/α-hetero) is 1. The molecule has 0 aliphatic carbocycles. The second kappa shape index (κ2) is 9.67.